The van der Waals surface area contributed by atoms with Crippen LogP contribution < -0.4 is 9.44 Å². The van der Waals surface area contributed by atoms with E-state index in [0.717, 1.165) is 16.8 Å². The van der Waals surface area contributed by atoms with Crippen molar-refractivity contribution in [3.63, 3.8) is 0 Å². The molecule has 2 N–H and O–H groups in total. The van der Waals surface area contributed by atoms with Crippen LogP contribution in [0.2, 0.25) is 0 Å². The highest BCUT2D eigenvalue weighted by atomic mass is 32.2. The second kappa shape index (κ2) is 9.85. The molecule has 1 aromatic heterocycles. The Bertz CT molecular complexity index is 1240. The predicted octanol–water partition coefficient (Wildman–Crippen LogP) is 4.23. The van der Waals surface area contributed by atoms with Crippen LogP contribution in [0, 0.1) is 5.82 Å². The van der Waals surface area contributed by atoms with Crippen molar-refractivity contribution >= 4 is 10.2 Å². The molecule has 11 heteroatoms. The predicted molar refractivity (Wildman–Crippen MR) is 122 cm³/mol. The number of hydrogen-bond acceptors (Lipinski definition) is 3. The molecule has 34 heavy (non-hydrogen) atoms. The normalized spacial score (nSPS) is 12.8. The van der Waals surface area contributed by atoms with E-state index in [1.54, 1.807) is 48.9 Å². The first-order chi connectivity index (χ1) is 15.7. The fourth-order valence-corrected chi connectivity index (χ4v) is 4.70. The molecule has 0 amide bonds. The number of rotatable bonds is 9. The Morgan fingerprint density at radius 1 is 1.00 bits per heavy atom. The van der Waals surface area contributed by atoms with E-state index in [9.17, 15) is 26.0 Å². The second-order valence-corrected chi connectivity index (χ2v) is 10.0. The van der Waals surface area contributed by atoms with E-state index < -0.39 is 28.5 Å². The van der Waals surface area contributed by atoms with Gasteiger partial charge in [0.15, 0.2) is 0 Å². The first-order valence-corrected chi connectivity index (χ1v) is 12.0. The maximum atomic E-state index is 13.1. The molecular weight excluding hydrogens is 472 g/mol. The fraction of sp³-hybridized carbons (Fsp3) is 0.348. The maximum absolute atomic E-state index is 13.1. The zero-order valence-electron chi connectivity index (χ0n) is 18.9. The monoisotopic (exact) mass is 498 g/mol. The van der Waals surface area contributed by atoms with Crippen molar-refractivity contribution in [1.29, 1.82) is 0 Å². The molecule has 6 nitrogen and oxygen atoms in total. The Balaban J connectivity index is 1.75. The highest BCUT2D eigenvalue weighted by Gasteiger charge is 2.32. The summed E-state index contributed by atoms with van der Waals surface area (Å²) in [6, 6.07) is 15.2. The Kier molecular flexibility index (Phi) is 7.49. The van der Waals surface area contributed by atoms with Gasteiger partial charge in [0.25, 0.3) is 10.2 Å². The molecule has 0 saturated carbocycles. The van der Waals surface area contributed by atoms with E-state index in [0.29, 0.717) is 24.1 Å². The molecule has 0 aliphatic rings. The summed E-state index contributed by atoms with van der Waals surface area (Å²) in [6.45, 7) is 1.46. The summed E-state index contributed by atoms with van der Waals surface area (Å²) in [5, 5.41) is 4.54. The number of aromatic nitrogens is 2. The lowest BCUT2D eigenvalue weighted by Gasteiger charge is -2.27. The molecule has 0 unspecified atom stereocenters. The van der Waals surface area contributed by atoms with Crippen molar-refractivity contribution in [1.82, 2.24) is 19.2 Å². The van der Waals surface area contributed by atoms with Crippen molar-refractivity contribution in [3.05, 3.63) is 77.2 Å². The minimum atomic E-state index is -4.66. The lowest BCUT2D eigenvalue weighted by molar-refractivity contribution is -0.121. The van der Waals surface area contributed by atoms with Gasteiger partial charge in [-0.05, 0) is 62.1 Å². The van der Waals surface area contributed by atoms with Crippen molar-refractivity contribution < 1.29 is 26.0 Å². The Hall–Kier alpha value is -2.76. The van der Waals surface area contributed by atoms with E-state index in [-0.39, 0.29) is 5.82 Å². The number of benzene rings is 2. The molecule has 0 bridgehead atoms. The molecule has 0 fully saturated rings. The number of aryl methyl sites for hydroxylation is 3. The van der Waals surface area contributed by atoms with Gasteiger partial charge in [0.1, 0.15) is 12.4 Å². The third-order valence-corrected chi connectivity index (χ3v) is 6.60. The minimum Gasteiger partial charge on any atom is -0.272 e. The molecule has 184 valence electrons. The van der Waals surface area contributed by atoms with Gasteiger partial charge in [-0.2, -0.15) is 36.1 Å². The molecule has 0 saturated heterocycles. The zero-order valence-corrected chi connectivity index (χ0v) is 19.8. The summed E-state index contributed by atoms with van der Waals surface area (Å²) in [7, 11) is -2.58. The molecule has 0 aliphatic carbocycles. The molecule has 1 heterocycles. The van der Waals surface area contributed by atoms with Gasteiger partial charge in [-0.1, -0.05) is 30.3 Å². The van der Waals surface area contributed by atoms with Gasteiger partial charge in [0.05, 0.1) is 11.2 Å². The van der Waals surface area contributed by atoms with Crippen LogP contribution in [0.3, 0.4) is 0 Å². The molecule has 0 atom stereocenters. The van der Waals surface area contributed by atoms with Gasteiger partial charge in [-0.25, -0.2) is 4.39 Å². The van der Waals surface area contributed by atoms with Crippen LogP contribution in [0.25, 0.3) is 11.3 Å². The number of halogens is 4. The molecule has 0 aliphatic heterocycles. The molecule has 2 aromatic carbocycles. The van der Waals surface area contributed by atoms with Crippen LogP contribution in [0.15, 0.2) is 54.6 Å². The highest BCUT2D eigenvalue weighted by Crippen LogP contribution is 2.27. The van der Waals surface area contributed by atoms with E-state index >= 15 is 0 Å². The quantitative estimate of drug-likeness (QED) is 0.434. The Morgan fingerprint density at radius 3 is 2.32 bits per heavy atom. The van der Waals surface area contributed by atoms with E-state index in [1.807, 2.05) is 19.2 Å². The van der Waals surface area contributed by atoms with E-state index in [4.69, 9.17) is 0 Å². The minimum absolute atomic E-state index is 0.284. The third kappa shape index (κ3) is 7.12. The Labute approximate surface area is 196 Å². The van der Waals surface area contributed by atoms with Gasteiger partial charge < -0.3 is 0 Å². The van der Waals surface area contributed by atoms with Gasteiger partial charge in [-0.15, -0.1) is 0 Å². The standard InChI is InChI=1S/C23H26F4N4O2S/c1-22(2,30-34(32,33)28-15-23(25,26)27)18-6-4-5-17(13-18)21-14-20(31(3)29-21)12-9-16-7-10-19(24)11-8-16/h4-8,10-11,13-14,28,30H,9,12,15H2,1-3H3. The maximum Gasteiger partial charge on any atom is 0.402 e. The molecular formula is C23H26F4N4O2S. The van der Waals surface area contributed by atoms with Crippen LogP contribution in [0.1, 0.15) is 30.7 Å². The zero-order chi connectivity index (χ0) is 25.1. The van der Waals surface area contributed by atoms with Crippen molar-refractivity contribution in [2.45, 2.75) is 38.4 Å². The summed E-state index contributed by atoms with van der Waals surface area (Å²) >= 11 is 0. The summed E-state index contributed by atoms with van der Waals surface area (Å²) in [4.78, 5) is 0. The molecule has 0 spiro atoms. The number of hydrogen-bond donors (Lipinski definition) is 2. The Morgan fingerprint density at radius 2 is 1.68 bits per heavy atom. The molecule has 0 radical (unpaired) electrons. The highest BCUT2D eigenvalue weighted by molar-refractivity contribution is 7.87. The van der Waals surface area contributed by atoms with Crippen molar-refractivity contribution in [2.75, 3.05) is 6.54 Å². The van der Waals surface area contributed by atoms with Crippen LogP contribution in [-0.4, -0.2) is 30.9 Å². The summed E-state index contributed by atoms with van der Waals surface area (Å²) in [5.74, 6) is -0.284. The van der Waals surface area contributed by atoms with Gasteiger partial charge >= 0.3 is 6.18 Å². The first-order valence-electron chi connectivity index (χ1n) is 10.5. The third-order valence-electron chi connectivity index (χ3n) is 5.29. The second-order valence-electron chi connectivity index (χ2n) is 8.52. The topological polar surface area (TPSA) is 76.0 Å². The van der Waals surface area contributed by atoms with Crippen LogP contribution >= 0.6 is 0 Å². The average molecular weight is 499 g/mol. The van der Waals surface area contributed by atoms with Crippen molar-refractivity contribution in [3.8, 4) is 11.3 Å². The van der Waals surface area contributed by atoms with Gasteiger partial charge in [-0.3, -0.25) is 4.68 Å². The van der Waals surface area contributed by atoms with Crippen LogP contribution in [0.4, 0.5) is 17.6 Å². The number of alkyl halides is 3. The number of nitrogens with one attached hydrogen (secondary N) is 2. The molecule has 3 aromatic rings. The molecule has 3 rings (SSSR count). The SMILES string of the molecule is Cn1nc(-c2cccc(C(C)(C)NS(=O)(=O)NCC(F)(F)F)c2)cc1CCc1ccc(F)cc1. The lowest BCUT2D eigenvalue weighted by atomic mass is 9.93. The van der Waals surface area contributed by atoms with Crippen LogP contribution in [0.5, 0.6) is 0 Å². The lowest BCUT2D eigenvalue weighted by Crippen LogP contribution is -2.48. The van der Waals surface area contributed by atoms with E-state index in [1.165, 1.54) is 16.9 Å². The summed E-state index contributed by atoms with van der Waals surface area (Å²) in [6.07, 6.45) is -3.27. The van der Waals surface area contributed by atoms with E-state index in [2.05, 4.69) is 9.82 Å². The largest absolute Gasteiger partial charge is 0.402 e. The average Bonchev–Trinajstić information content (AvgIpc) is 3.12. The van der Waals surface area contributed by atoms with Gasteiger partial charge in [0.2, 0.25) is 0 Å². The number of nitrogens with zero attached hydrogens (tertiary/aromatic N) is 2. The smallest absolute Gasteiger partial charge is 0.272 e. The fourth-order valence-electron chi connectivity index (χ4n) is 3.48. The van der Waals surface area contributed by atoms with Crippen molar-refractivity contribution in [2.24, 2.45) is 7.05 Å². The van der Waals surface area contributed by atoms with Crippen LogP contribution in [-0.2, 0) is 35.6 Å². The summed E-state index contributed by atoms with van der Waals surface area (Å²) < 4.78 is 80.1. The summed E-state index contributed by atoms with van der Waals surface area (Å²) in [5.41, 5.74) is 2.73. The first kappa shape index (κ1) is 25.9. The van der Waals surface area contributed by atoms with Gasteiger partial charge in [0, 0.05) is 18.3 Å².